The zero-order valence-corrected chi connectivity index (χ0v) is 15.0. The van der Waals surface area contributed by atoms with Crippen molar-refractivity contribution in [3.8, 4) is 0 Å². The predicted octanol–water partition coefficient (Wildman–Crippen LogP) is 3.37. The van der Waals surface area contributed by atoms with Crippen LogP contribution in [0.15, 0.2) is 0 Å². The molecule has 2 aliphatic heterocycles. The van der Waals surface area contributed by atoms with Crippen LogP contribution in [0, 0.1) is 11.8 Å². The Kier molecular flexibility index (Phi) is 8.19. The molecule has 22 heavy (non-hydrogen) atoms. The van der Waals surface area contributed by atoms with Crippen LogP contribution in [0.3, 0.4) is 0 Å². The number of aliphatic hydroxyl groups excluding tert-OH is 1. The van der Waals surface area contributed by atoms with E-state index in [1.54, 1.807) is 0 Å². The summed E-state index contributed by atoms with van der Waals surface area (Å²) in [5, 5.41) is 9.10. The second-order valence-electron chi connectivity index (χ2n) is 7.61. The molecule has 0 atom stereocenters. The minimum atomic E-state index is -0.0206. The van der Waals surface area contributed by atoms with E-state index in [0.717, 1.165) is 44.3 Å². The molecule has 0 unspecified atom stereocenters. The van der Waals surface area contributed by atoms with Crippen molar-refractivity contribution in [3.63, 3.8) is 0 Å². The molecule has 0 aromatic carbocycles. The Bertz CT molecular complexity index is 277. The van der Waals surface area contributed by atoms with Crippen molar-refractivity contribution >= 4 is 0 Å². The molecule has 3 heteroatoms. The van der Waals surface area contributed by atoms with Crippen LogP contribution in [0.2, 0.25) is 0 Å². The summed E-state index contributed by atoms with van der Waals surface area (Å²) in [7, 11) is 0. The minimum Gasteiger partial charge on any atom is -0.393 e. The van der Waals surface area contributed by atoms with E-state index in [1.807, 2.05) is 0 Å². The van der Waals surface area contributed by atoms with Crippen LogP contribution in [0.5, 0.6) is 0 Å². The number of rotatable bonds is 4. The zero-order chi connectivity index (χ0) is 15.8. The Morgan fingerprint density at radius 1 is 0.773 bits per heavy atom. The van der Waals surface area contributed by atoms with E-state index in [-0.39, 0.29) is 6.10 Å². The molecule has 2 heterocycles. The van der Waals surface area contributed by atoms with Crippen molar-refractivity contribution in [1.29, 1.82) is 0 Å². The Hall–Kier alpha value is -0.120. The molecule has 3 aliphatic rings. The maximum atomic E-state index is 9.10. The van der Waals surface area contributed by atoms with Crippen molar-refractivity contribution in [2.75, 3.05) is 39.3 Å². The monoisotopic (exact) mass is 310 g/mol. The average molecular weight is 311 g/mol. The summed E-state index contributed by atoms with van der Waals surface area (Å²) in [6.07, 6.45) is 10.7. The number of hydrogen-bond acceptors (Lipinski definition) is 3. The fraction of sp³-hybridized carbons (Fsp3) is 1.00. The van der Waals surface area contributed by atoms with Crippen LogP contribution in [-0.4, -0.2) is 60.3 Å². The number of aliphatic hydroxyl groups is 1. The van der Waals surface area contributed by atoms with Gasteiger partial charge in [-0.3, -0.25) is 0 Å². The first-order valence-corrected chi connectivity index (χ1v) is 9.84. The van der Waals surface area contributed by atoms with Crippen molar-refractivity contribution in [1.82, 2.24) is 9.80 Å². The highest BCUT2D eigenvalue weighted by Gasteiger charge is 2.23. The summed E-state index contributed by atoms with van der Waals surface area (Å²) >= 11 is 0. The number of piperidine rings is 2. The zero-order valence-electron chi connectivity index (χ0n) is 15.0. The normalized spacial score (nSPS) is 26.3. The third-order valence-electron chi connectivity index (χ3n) is 6.03. The average Bonchev–Trinajstić information content (AvgIpc) is 2.53. The molecule has 2 saturated heterocycles. The quantitative estimate of drug-likeness (QED) is 0.862. The standard InChI is InChI=1S/C12H23N.C7H15NO/c1-2-11-6-8-13(9-7-11)10-12-4-3-5-12;1-2-8-5-3-7(9)4-6-8/h11-12H,2-10H2,1H3;7,9H,2-6H2,1H3. The lowest BCUT2D eigenvalue weighted by atomic mass is 9.84. The molecule has 1 saturated carbocycles. The van der Waals surface area contributed by atoms with Crippen LogP contribution in [-0.2, 0) is 0 Å². The summed E-state index contributed by atoms with van der Waals surface area (Å²) < 4.78 is 0. The molecule has 0 aromatic rings. The Balaban J connectivity index is 0.000000172. The fourth-order valence-corrected chi connectivity index (χ4v) is 3.85. The summed E-state index contributed by atoms with van der Waals surface area (Å²) in [5.74, 6) is 2.11. The van der Waals surface area contributed by atoms with E-state index in [0.29, 0.717) is 0 Å². The molecule has 3 nitrogen and oxygen atoms in total. The van der Waals surface area contributed by atoms with Gasteiger partial charge in [0.05, 0.1) is 6.10 Å². The molecule has 0 radical (unpaired) electrons. The van der Waals surface area contributed by atoms with Crippen LogP contribution < -0.4 is 0 Å². The molecular weight excluding hydrogens is 272 g/mol. The SMILES string of the molecule is CCC1CCN(CC2CCC2)CC1.CCN1CCC(O)CC1. The third kappa shape index (κ3) is 6.17. The second kappa shape index (κ2) is 9.89. The topological polar surface area (TPSA) is 26.7 Å². The first kappa shape index (κ1) is 18.2. The van der Waals surface area contributed by atoms with Gasteiger partial charge in [0, 0.05) is 19.6 Å². The Labute approximate surface area is 138 Å². The van der Waals surface area contributed by atoms with Gasteiger partial charge in [0.15, 0.2) is 0 Å². The van der Waals surface area contributed by atoms with Gasteiger partial charge in [0.25, 0.3) is 0 Å². The maximum Gasteiger partial charge on any atom is 0.0564 e. The lowest BCUT2D eigenvalue weighted by Gasteiger charge is -2.36. The van der Waals surface area contributed by atoms with Crippen molar-refractivity contribution in [3.05, 3.63) is 0 Å². The molecule has 0 aromatic heterocycles. The fourth-order valence-electron chi connectivity index (χ4n) is 3.85. The van der Waals surface area contributed by atoms with E-state index in [9.17, 15) is 0 Å². The highest BCUT2D eigenvalue weighted by Crippen LogP contribution is 2.29. The lowest BCUT2D eigenvalue weighted by molar-refractivity contribution is 0.0852. The molecule has 1 aliphatic carbocycles. The van der Waals surface area contributed by atoms with E-state index in [2.05, 4.69) is 23.6 Å². The van der Waals surface area contributed by atoms with E-state index < -0.39 is 0 Å². The highest BCUT2D eigenvalue weighted by atomic mass is 16.3. The van der Waals surface area contributed by atoms with Crippen LogP contribution in [0.1, 0.15) is 65.2 Å². The predicted molar refractivity (Wildman–Crippen MR) is 94.2 cm³/mol. The van der Waals surface area contributed by atoms with Gasteiger partial charge in [-0.05, 0) is 70.0 Å². The second-order valence-corrected chi connectivity index (χ2v) is 7.61. The smallest absolute Gasteiger partial charge is 0.0564 e. The molecule has 130 valence electrons. The summed E-state index contributed by atoms with van der Waals surface area (Å²) in [4.78, 5) is 5.07. The van der Waals surface area contributed by atoms with Gasteiger partial charge >= 0.3 is 0 Å². The molecule has 0 amide bonds. The van der Waals surface area contributed by atoms with Gasteiger partial charge in [-0.2, -0.15) is 0 Å². The lowest BCUT2D eigenvalue weighted by Crippen LogP contribution is -2.38. The molecule has 3 fully saturated rings. The number of nitrogens with zero attached hydrogens (tertiary/aromatic N) is 2. The van der Waals surface area contributed by atoms with Gasteiger partial charge in [-0.1, -0.05) is 26.7 Å². The summed E-state index contributed by atoms with van der Waals surface area (Å²) in [6.45, 7) is 12.0. The minimum absolute atomic E-state index is 0.0206. The number of hydrogen-bond donors (Lipinski definition) is 1. The molecule has 0 bridgehead atoms. The van der Waals surface area contributed by atoms with Gasteiger partial charge in [0.1, 0.15) is 0 Å². The van der Waals surface area contributed by atoms with Gasteiger partial charge in [-0.25, -0.2) is 0 Å². The molecule has 3 rings (SSSR count). The van der Waals surface area contributed by atoms with Gasteiger partial charge in [0.2, 0.25) is 0 Å². The first-order chi connectivity index (χ1) is 10.7. The van der Waals surface area contributed by atoms with Crippen molar-refractivity contribution in [2.45, 2.75) is 71.3 Å². The van der Waals surface area contributed by atoms with Crippen LogP contribution >= 0.6 is 0 Å². The van der Waals surface area contributed by atoms with Gasteiger partial charge < -0.3 is 14.9 Å². The molecule has 0 spiro atoms. The van der Waals surface area contributed by atoms with Crippen LogP contribution in [0.4, 0.5) is 0 Å². The van der Waals surface area contributed by atoms with Crippen LogP contribution in [0.25, 0.3) is 0 Å². The van der Waals surface area contributed by atoms with Gasteiger partial charge in [-0.15, -0.1) is 0 Å². The Morgan fingerprint density at radius 2 is 1.36 bits per heavy atom. The number of likely N-dealkylation sites (tertiary alicyclic amines) is 2. The molecular formula is C19H38N2O. The first-order valence-electron chi connectivity index (χ1n) is 9.84. The summed E-state index contributed by atoms with van der Waals surface area (Å²) in [6, 6.07) is 0. The Morgan fingerprint density at radius 3 is 1.82 bits per heavy atom. The third-order valence-corrected chi connectivity index (χ3v) is 6.03. The van der Waals surface area contributed by atoms with Crippen molar-refractivity contribution < 1.29 is 5.11 Å². The van der Waals surface area contributed by atoms with Crippen molar-refractivity contribution in [2.24, 2.45) is 11.8 Å². The van der Waals surface area contributed by atoms with E-state index in [4.69, 9.17) is 5.11 Å². The molecule has 1 N–H and O–H groups in total. The summed E-state index contributed by atoms with van der Waals surface area (Å²) in [5.41, 5.74) is 0. The largest absolute Gasteiger partial charge is 0.393 e. The van der Waals surface area contributed by atoms with E-state index in [1.165, 1.54) is 58.2 Å². The highest BCUT2D eigenvalue weighted by molar-refractivity contribution is 4.77. The van der Waals surface area contributed by atoms with E-state index >= 15 is 0 Å². The maximum absolute atomic E-state index is 9.10.